The number of likely N-dealkylation sites (tertiary alicyclic amines) is 1. The van der Waals surface area contributed by atoms with Gasteiger partial charge >= 0.3 is 17.8 Å². The van der Waals surface area contributed by atoms with Crippen LogP contribution in [-0.2, 0) is 20.8 Å². The van der Waals surface area contributed by atoms with Crippen LogP contribution < -0.4 is 11.5 Å². The fourth-order valence-electron chi connectivity index (χ4n) is 4.49. The molecule has 2 rings (SSSR count). The summed E-state index contributed by atoms with van der Waals surface area (Å²) in [6.07, 6.45) is 2.58. The van der Waals surface area contributed by atoms with Crippen LogP contribution in [0.4, 0.5) is 4.39 Å². The van der Waals surface area contributed by atoms with Crippen LogP contribution in [0, 0.1) is 5.82 Å². The first-order chi connectivity index (χ1) is 14.2. The van der Waals surface area contributed by atoms with Crippen LogP contribution in [0.2, 0.25) is 0 Å². The molecule has 1 saturated heterocycles. The molecule has 1 aliphatic rings. The maximum absolute atomic E-state index is 13.4. The third-order valence-electron chi connectivity index (χ3n) is 6.00. The second kappa shape index (κ2) is 10.6. The van der Waals surface area contributed by atoms with Gasteiger partial charge in [0.05, 0.1) is 6.54 Å². The first-order valence-electron chi connectivity index (χ1n) is 10.3. The van der Waals surface area contributed by atoms with Crippen molar-refractivity contribution in [3.8, 4) is 0 Å². The smallest absolute Gasteiger partial charge is 0.363 e. The molecule has 1 fully saturated rings. The molecule has 8 nitrogen and oxygen atoms in total. The number of unbranched alkanes of at least 4 members (excludes halogenated alkanes) is 1. The lowest BCUT2D eigenvalue weighted by Crippen LogP contribution is -2.69. The predicted octanol–water partition coefficient (Wildman–Crippen LogP) is 1.26. The Kier molecular flexibility index (Phi) is 8.45. The molecular weight excluding hydrogens is 393 g/mol. The molecule has 0 saturated carbocycles. The second-order valence-corrected chi connectivity index (χ2v) is 7.90. The van der Waals surface area contributed by atoms with Crippen molar-refractivity contribution in [1.82, 2.24) is 0 Å². The molecule has 1 aromatic carbocycles. The van der Waals surface area contributed by atoms with Gasteiger partial charge in [-0.2, -0.15) is 0 Å². The van der Waals surface area contributed by atoms with E-state index in [2.05, 4.69) is 0 Å². The van der Waals surface area contributed by atoms with E-state index in [-0.39, 0.29) is 25.8 Å². The van der Waals surface area contributed by atoms with E-state index in [1.165, 1.54) is 12.1 Å². The number of rotatable bonds is 11. The van der Waals surface area contributed by atoms with Crippen molar-refractivity contribution in [3.05, 3.63) is 35.6 Å². The highest BCUT2D eigenvalue weighted by Crippen LogP contribution is 2.35. The Morgan fingerprint density at radius 2 is 1.80 bits per heavy atom. The average molecular weight is 424 g/mol. The molecule has 0 aliphatic carbocycles. The second-order valence-electron chi connectivity index (χ2n) is 7.90. The van der Waals surface area contributed by atoms with E-state index in [0.717, 1.165) is 0 Å². The highest BCUT2D eigenvalue weighted by Gasteiger charge is 2.59. The zero-order chi connectivity index (χ0) is 22.3. The number of halogens is 1. The summed E-state index contributed by atoms with van der Waals surface area (Å²) in [7, 11) is 0. The van der Waals surface area contributed by atoms with Crippen molar-refractivity contribution in [2.75, 3.05) is 13.1 Å². The van der Waals surface area contributed by atoms with Crippen LogP contribution in [-0.4, -0.2) is 63.8 Å². The number of hydrogen-bond acceptors (Lipinski definition) is 5. The Morgan fingerprint density at radius 1 is 1.13 bits per heavy atom. The Bertz CT molecular complexity index is 758. The number of aliphatic carboxylic acids is 2. The van der Waals surface area contributed by atoms with Gasteiger partial charge in [0.15, 0.2) is 12.1 Å². The first-order valence-corrected chi connectivity index (χ1v) is 10.3. The van der Waals surface area contributed by atoms with Crippen LogP contribution in [0.15, 0.2) is 24.3 Å². The number of carboxylic acid groups (broad SMARTS) is 2. The summed E-state index contributed by atoms with van der Waals surface area (Å²) in [5.41, 5.74) is 12.3. The van der Waals surface area contributed by atoms with Crippen molar-refractivity contribution in [2.24, 2.45) is 11.5 Å². The number of quaternary nitrogens is 1. The molecule has 0 radical (unpaired) electrons. The lowest BCUT2D eigenvalue weighted by molar-refractivity contribution is -0.875. The van der Waals surface area contributed by atoms with Crippen LogP contribution in [0.25, 0.3) is 0 Å². The SMILES string of the molecule is NCCCC[C@H](N)C(=O)[N+]1(C(CCc2ccc(F)cc2)C(=O)O)CCC[C@H]1C(=O)O. The summed E-state index contributed by atoms with van der Waals surface area (Å²) in [5.74, 6) is -3.36. The average Bonchev–Trinajstić information content (AvgIpc) is 3.14. The number of nitrogens with two attached hydrogens (primary N) is 2. The quantitative estimate of drug-likeness (QED) is 0.309. The number of carbonyl (C=O) groups is 3. The number of amides is 1. The number of carbonyl (C=O) groups excluding carboxylic acids is 1. The molecule has 1 aliphatic heterocycles. The number of hydrogen-bond donors (Lipinski definition) is 4. The Hall–Kier alpha value is -2.36. The topological polar surface area (TPSA) is 144 Å². The van der Waals surface area contributed by atoms with Crippen LogP contribution in [0.3, 0.4) is 0 Å². The zero-order valence-electron chi connectivity index (χ0n) is 17.0. The standard InChI is InChI=1S/C21H30FN3O5/c22-15-9-6-14(7-10-15)8-11-18(21(29)30)25(13-3-5-17(25)20(27)28)19(26)16(24)4-1-2-12-23/h6-7,9-10,16-18H,1-5,8,11-13,23-24H2,(H-,27,28,29,30)/p+1/t16-,17-,18?,25?/m0/s1. The minimum atomic E-state index is -1.24. The Labute approximate surface area is 175 Å². The fourth-order valence-corrected chi connectivity index (χ4v) is 4.49. The Morgan fingerprint density at radius 3 is 2.37 bits per heavy atom. The van der Waals surface area contributed by atoms with Gasteiger partial charge in [0.25, 0.3) is 0 Å². The van der Waals surface area contributed by atoms with Crippen LogP contribution in [0.1, 0.15) is 44.1 Å². The fraction of sp³-hybridized carbons (Fsp3) is 0.571. The first kappa shape index (κ1) is 23.9. The number of aryl methyl sites for hydroxylation is 1. The van der Waals surface area contributed by atoms with E-state index >= 15 is 0 Å². The molecule has 166 valence electrons. The maximum Gasteiger partial charge on any atom is 0.363 e. The molecule has 9 heteroatoms. The molecule has 0 aromatic heterocycles. The molecular formula is C21H31FN3O5+. The van der Waals surface area contributed by atoms with Crippen LogP contribution >= 0.6 is 0 Å². The van der Waals surface area contributed by atoms with Gasteiger partial charge < -0.3 is 21.7 Å². The number of benzene rings is 1. The zero-order valence-corrected chi connectivity index (χ0v) is 17.0. The van der Waals surface area contributed by atoms with E-state index < -0.39 is 46.3 Å². The molecule has 6 N–H and O–H groups in total. The minimum Gasteiger partial charge on any atom is -0.477 e. The lowest BCUT2D eigenvalue weighted by Gasteiger charge is -2.41. The summed E-state index contributed by atoms with van der Waals surface area (Å²) in [6, 6.07) is 2.33. The molecule has 1 heterocycles. The molecule has 1 amide bonds. The van der Waals surface area contributed by atoms with Gasteiger partial charge in [0.2, 0.25) is 0 Å². The van der Waals surface area contributed by atoms with Gasteiger partial charge in [-0.25, -0.2) is 23.3 Å². The number of nitrogens with zero attached hydrogens (tertiary/aromatic N) is 1. The van der Waals surface area contributed by atoms with Gasteiger partial charge in [-0.3, -0.25) is 0 Å². The molecule has 30 heavy (non-hydrogen) atoms. The van der Waals surface area contributed by atoms with Crippen molar-refractivity contribution in [2.45, 2.75) is 63.1 Å². The molecule has 2 unspecified atom stereocenters. The lowest BCUT2D eigenvalue weighted by atomic mass is 9.97. The minimum absolute atomic E-state index is 0.0476. The molecule has 1 aromatic rings. The van der Waals surface area contributed by atoms with Crippen molar-refractivity contribution in [3.63, 3.8) is 0 Å². The monoisotopic (exact) mass is 424 g/mol. The largest absolute Gasteiger partial charge is 0.477 e. The molecule has 4 atom stereocenters. The van der Waals surface area contributed by atoms with E-state index in [1.807, 2.05) is 0 Å². The third kappa shape index (κ3) is 5.21. The Balaban J connectivity index is 2.34. The normalized spacial score (nSPS) is 23.1. The van der Waals surface area contributed by atoms with E-state index in [4.69, 9.17) is 11.5 Å². The molecule has 0 bridgehead atoms. The van der Waals surface area contributed by atoms with Gasteiger partial charge in [-0.1, -0.05) is 12.1 Å². The van der Waals surface area contributed by atoms with Crippen LogP contribution in [0.5, 0.6) is 0 Å². The van der Waals surface area contributed by atoms with Gasteiger partial charge in [-0.05, 0) is 49.9 Å². The summed E-state index contributed by atoms with van der Waals surface area (Å²) in [5, 5.41) is 19.8. The van der Waals surface area contributed by atoms with Crippen molar-refractivity contribution in [1.29, 1.82) is 0 Å². The highest BCUT2D eigenvalue weighted by molar-refractivity contribution is 5.84. The highest BCUT2D eigenvalue weighted by atomic mass is 19.1. The maximum atomic E-state index is 13.4. The van der Waals surface area contributed by atoms with E-state index in [9.17, 15) is 29.0 Å². The summed E-state index contributed by atoms with van der Waals surface area (Å²) >= 11 is 0. The van der Waals surface area contributed by atoms with Gasteiger partial charge in [0, 0.05) is 19.3 Å². The summed E-state index contributed by atoms with van der Waals surface area (Å²) < 4.78 is 12.5. The summed E-state index contributed by atoms with van der Waals surface area (Å²) in [6.45, 7) is 0.578. The predicted molar refractivity (Wildman–Crippen MR) is 108 cm³/mol. The van der Waals surface area contributed by atoms with Gasteiger partial charge in [0.1, 0.15) is 11.9 Å². The molecule has 0 spiro atoms. The van der Waals surface area contributed by atoms with E-state index in [0.29, 0.717) is 37.8 Å². The van der Waals surface area contributed by atoms with Gasteiger partial charge in [-0.15, -0.1) is 0 Å². The third-order valence-corrected chi connectivity index (χ3v) is 6.00. The summed E-state index contributed by atoms with van der Waals surface area (Å²) in [4.78, 5) is 37.6. The van der Waals surface area contributed by atoms with E-state index in [1.54, 1.807) is 12.1 Å². The number of carboxylic acids is 2. The van der Waals surface area contributed by atoms with Crippen molar-refractivity contribution < 1.29 is 33.5 Å². The van der Waals surface area contributed by atoms with Crippen molar-refractivity contribution >= 4 is 17.8 Å².